The molecule has 0 heterocycles. The quantitative estimate of drug-likeness (QED) is 0.173. The van der Waals surface area contributed by atoms with Gasteiger partial charge in [0, 0.05) is 5.41 Å². The molecule has 1 nitrogen and oxygen atoms in total. The van der Waals surface area contributed by atoms with Gasteiger partial charge >= 0.3 is 0 Å². The molecule has 0 aromatic heterocycles. The number of unbranched alkanes of at least 4 members (excludes halogenated alkanes) is 8. The molecule has 0 saturated carbocycles. The van der Waals surface area contributed by atoms with Crippen LogP contribution < -0.4 is 5.32 Å². The molecule has 1 heteroatoms. The highest BCUT2D eigenvalue weighted by molar-refractivity contribution is 5.50. The van der Waals surface area contributed by atoms with Gasteiger partial charge in [-0.05, 0) is 42.6 Å². The molecule has 0 aliphatic carbocycles. The third kappa shape index (κ3) is 7.57. The molecule has 0 spiro atoms. The van der Waals surface area contributed by atoms with Crippen LogP contribution in [0.1, 0.15) is 87.8 Å². The fourth-order valence-corrected chi connectivity index (χ4v) is 5.06. The molecule has 0 aliphatic rings. The summed E-state index contributed by atoms with van der Waals surface area (Å²) in [6.07, 6.45) is 13.5. The normalized spacial score (nSPS) is 11.5. The maximum absolute atomic E-state index is 3.77. The Kier molecular flexibility index (Phi) is 11.2. The zero-order valence-electron chi connectivity index (χ0n) is 20.6. The third-order valence-electron chi connectivity index (χ3n) is 6.93. The summed E-state index contributed by atoms with van der Waals surface area (Å²) < 4.78 is 0. The zero-order chi connectivity index (χ0) is 23.0. The first kappa shape index (κ1) is 25.2. The van der Waals surface area contributed by atoms with Gasteiger partial charge in [0.2, 0.25) is 0 Å². The van der Waals surface area contributed by atoms with Gasteiger partial charge in [-0.15, -0.1) is 0 Å². The van der Waals surface area contributed by atoms with E-state index in [9.17, 15) is 0 Å². The summed E-state index contributed by atoms with van der Waals surface area (Å²) >= 11 is 0. The second-order valence-electron chi connectivity index (χ2n) is 9.33. The number of hydrogen-bond acceptors (Lipinski definition) is 1. The van der Waals surface area contributed by atoms with Crippen LogP contribution >= 0.6 is 0 Å². The molecule has 33 heavy (non-hydrogen) atoms. The van der Waals surface area contributed by atoms with Crippen molar-refractivity contribution in [1.29, 1.82) is 0 Å². The van der Waals surface area contributed by atoms with E-state index in [1.54, 1.807) is 0 Å². The van der Waals surface area contributed by atoms with Crippen molar-refractivity contribution in [2.45, 2.75) is 76.5 Å². The summed E-state index contributed by atoms with van der Waals surface area (Å²) in [5, 5.41) is 3.77. The van der Waals surface area contributed by atoms with Crippen LogP contribution in [0.15, 0.2) is 91.0 Å². The molecule has 3 aromatic carbocycles. The topological polar surface area (TPSA) is 12.0 Å². The number of nitrogens with one attached hydrogen (secondary N) is 1. The van der Waals surface area contributed by atoms with Gasteiger partial charge in [-0.2, -0.15) is 0 Å². The van der Waals surface area contributed by atoms with E-state index in [1.807, 2.05) is 0 Å². The van der Waals surface area contributed by atoms with Crippen LogP contribution in [0.25, 0.3) is 0 Å². The maximum atomic E-state index is 3.77. The molecule has 3 aromatic rings. The lowest BCUT2D eigenvalue weighted by Crippen LogP contribution is -2.34. The minimum atomic E-state index is -0.144. The molecule has 1 N–H and O–H groups in total. The largest absolute Gasteiger partial charge is 0.317 e. The molecule has 176 valence electrons. The molecule has 0 radical (unpaired) electrons. The number of hydrogen-bond donors (Lipinski definition) is 1. The van der Waals surface area contributed by atoms with E-state index in [0.717, 1.165) is 19.5 Å². The van der Waals surface area contributed by atoms with Crippen molar-refractivity contribution in [2.75, 3.05) is 13.1 Å². The maximum Gasteiger partial charge on any atom is 0.0463 e. The molecule has 0 bridgehead atoms. The Hall–Kier alpha value is -2.38. The smallest absolute Gasteiger partial charge is 0.0463 e. The summed E-state index contributed by atoms with van der Waals surface area (Å²) in [5.74, 6) is 0. The summed E-state index contributed by atoms with van der Waals surface area (Å²) in [7, 11) is 0. The van der Waals surface area contributed by atoms with Crippen molar-refractivity contribution in [3.63, 3.8) is 0 Å². The monoisotopic (exact) mass is 441 g/mol. The molecule has 0 atom stereocenters. The summed E-state index contributed by atoms with van der Waals surface area (Å²) in [4.78, 5) is 0. The van der Waals surface area contributed by atoms with Gasteiger partial charge in [-0.1, -0.05) is 149 Å². The minimum Gasteiger partial charge on any atom is -0.317 e. The van der Waals surface area contributed by atoms with Crippen molar-refractivity contribution in [2.24, 2.45) is 0 Å². The summed E-state index contributed by atoms with van der Waals surface area (Å²) in [6.45, 7) is 4.41. The van der Waals surface area contributed by atoms with Crippen LogP contribution in [-0.4, -0.2) is 13.1 Å². The summed E-state index contributed by atoms with van der Waals surface area (Å²) in [5.41, 5.74) is 3.96. The van der Waals surface area contributed by atoms with Crippen LogP contribution in [0.4, 0.5) is 0 Å². The Morgan fingerprint density at radius 1 is 0.485 bits per heavy atom. The van der Waals surface area contributed by atoms with Gasteiger partial charge in [-0.3, -0.25) is 0 Å². The molecular weight excluding hydrogens is 398 g/mol. The lowest BCUT2D eigenvalue weighted by molar-refractivity contribution is 0.503. The standard InChI is InChI=1S/C32H43N/c1-2-3-4-5-6-7-8-9-19-27-33-28-26-32(29-20-13-10-14-21-29,30-22-15-11-16-23-30)31-24-17-12-18-25-31/h10-18,20-25,33H,2-9,19,26-28H2,1H3. The molecule has 0 aliphatic heterocycles. The molecule has 0 fully saturated rings. The van der Waals surface area contributed by atoms with Crippen molar-refractivity contribution in [3.05, 3.63) is 108 Å². The number of benzene rings is 3. The van der Waals surface area contributed by atoms with Gasteiger partial charge in [0.15, 0.2) is 0 Å². The first-order valence-electron chi connectivity index (χ1n) is 13.2. The predicted octanol–water partition coefficient (Wildman–Crippen LogP) is 8.53. The van der Waals surface area contributed by atoms with Crippen LogP contribution in [-0.2, 0) is 5.41 Å². The summed E-state index contributed by atoms with van der Waals surface area (Å²) in [6, 6.07) is 33.1. The highest BCUT2D eigenvalue weighted by Gasteiger charge is 2.35. The highest BCUT2D eigenvalue weighted by Crippen LogP contribution is 2.41. The average molecular weight is 442 g/mol. The van der Waals surface area contributed by atoms with Crippen molar-refractivity contribution in [3.8, 4) is 0 Å². The van der Waals surface area contributed by atoms with Gasteiger partial charge in [0.25, 0.3) is 0 Å². The van der Waals surface area contributed by atoms with Crippen LogP contribution in [0.5, 0.6) is 0 Å². The van der Waals surface area contributed by atoms with Gasteiger partial charge in [-0.25, -0.2) is 0 Å². The number of rotatable bonds is 16. The lowest BCUT2D eigenvalue weighted by Gasteiger charge is -2.36. The molecule has 3 rings (SSSR count). The van der Waals surface area contributed by atoms with E-state index in [1.165, 1.54) is 74.5 Å². The van der Waals surface area contributed by atoms with Crippen molar-refractivity contribution in [1.82, 2.24) is 5.32 Å². The molecular formula is C32H43N. The fourth-order valence-electron chi connectivity index (χ4n) is 5.06. The lowest BCUT2D eigenvalue weighted by atomic mass is 9.67. The molecule has 0 amide bonds. The highest BCUT2D eigenvalue weighted by atomic mass is 14.8. The van der Waals surface area contributed by atoms with Crippen molar-refractivity contribution < 1.29 is 0 Å². The molecule has 0 saturated heterocycles. The van der Waals surface area contributed by atoms with E-state index < -0.39 is 0 Å². The van der Waals surface area contributed by atoms with Gasteiger partial charge < -0.3 is 5.32 Å². The van der Waals surface area contributed by atoms with Gasteiger partial charge in [0.05, 0.1) is 0 Å². The Morgan fingerprint density at radius 3 is 1.30 bits per heavy atom. The second kappa shape index (κ2) is 14.7. The van der Waals surface area contributed by atoms with Crippen LogP contribution in [0, 0.1) is 0 Å². The third-order valence-corrected chi connectivity index (χ3v) is 6.93. The van der Waals surface area contributed by atoms with E-state index in [4.69, 9.17) is 0 Å². The van der Waals surface area contributed by atoms with E-state index in [2.05, 4.69) is 103 Å². The minimum absolute atomic E-state index is 0.144. The second-order valence-corrected chi connectivity index (χ2v) is 9.33. The Bertz CT molecular complexity index is 760. The Labute approximate surface area is 202 Å². The first-order chi connectivity index (χ1) is 16.4. The fraction of sp³-hybridized carbons (Fsp3) is 0.438. The zero-order valence-corrected chi connectivity index (χ0v) is 20.6. The Balaban J connectivity index is 1.59. The first-order valence-corrected chi connectivity index (χ1v) is 13.2. The van der Waals surface area contributed by atoms with Crippen molar-refractivity contribution >= 4 is 0 Å². The van der Waals surface area contributed by atoms with E-state index in [0.29, 0.717) is 0 Å². The van der Waals surface area contributed by atoms with Crippen LogP contribution in [0.2, 0.25) is 0 Å². The molecule has 0 unspecified atom stereocenters. The average Bonchev–Trinajstić information content (AvgIpc) is 2.89. The Morgan fingerprint density at radius 2 is 0.879 bits per heavy atom. The van der Waals surface area contributed by atoms with E-state index >= 15 is 0 Å². The predicted molar refractivity (Wildman–Crippen MR) is 144 cm³/mol. The SMILES string of the molecule is CCCCCCCCCCCNCCC(c1ccccc1)(c1ccccc1)c1ccccc1. The van der Waals surface area contributed by atoms with Crippen LogP contribution in [0.3, 0.4) is 0 Å². The van der Waals surface area contributed by atoms with Gasteiger partial charge in [0.1, 0.15) is 0 Å². The van der Waals surface area contributed by atoms with E-state index in [-0.39, 0.29) is 5.41 Å².